The van der Waals surface area contributed by atoms with Gasteiger partial charge in [-0.2, -0.15) is 0 Å². The number of hydrogen-bond donors (Lipinski definition) is 2. The van der Waals surface area contributed by atoms with Crippen LogP contribution < -0.4 is 15.5 Å². The molecule has 27 heavy (non-hydrogen) atoms. The summed E-state index contributed by atoms with van der Waals surface area (Å²) < 4.78 is 5.43. The van der Waals surface area contributed by atoms with Gasteiger partial charge < -0.3 is 20.3 Å². The van der Waals surface area contributed by atoms with Gasteiger partial charge >= 0.3 is 11.8 Å². The highest BCUT2D eigenvalue weighted by Crippen LogP contribution is 2.30. The van der Waals surface area contributed by atoms with Crippen molar-refractivity contribution in [2.24, 2.45) is 5.92 Å². The van der Waals surface area contributed by atoms with E-state index in [4.69, 9.17) is 4.74 Å². The van der Waals surface area contributed by atoms with E-state index >= 15 is 0 Å². The van der Waals surface area contributed by atoms with E-state index in [1.54, 1.807) is 6.07 Å². The third kappa shape index (κ3) is 4.66. The van der Waals surface area contributed by atoms with Crippen molar-refractivity contribution >= 4 is 29.1 Å². The number of hydrogen-bond acceptors (Lipinski definition) is 4. The molecule has 0 radical (unpaired) electrons. The van der Waals surface area contributed by atoms with Crippen molar-refractivity contribution < 1.29 is 19.1 Å². The zero-order valence-electron chi connectivity index (χ0n) is 15.9. The summed E-state index contributed by atoms with van der Waals surface area (Å²) in [5, 5.41) is 5.25. The molecule has 3 amide bonds. The summed E-state index contributed by atoms with van der Waals surface area (Å²) in [5.74, 6) is -1.33. The summed E-state index contributed by atoms with van der Waals surface area (Å²) in [6.07, 6.45) is 3.60. The lowest BCUT2D eigenvalue weighted by Crippen LogP contribution is -2.39. The highest BCUT2D eigenvalue weighted by Gasteiger charge is 2.25. The third-order valence-corrected chi connectivity index (χ3v) is 4.94. The van der Waals surface area contributed by atoms with Crippen LogP contribution in [-0.4, -0.2) is 43.5 Å². The van der Waals surface area contributed by atoms with Gasteiger partial charge in [-0.05, 0) is 49.4 Å². The first-order valence-electron chi connectivity index (χ1n) is 9.61. The van der Waals surface area contributed by atoms with Crippen LogP contribution in [0.1, 0.15) is 38.7 Å². The number of anilines is 2. The Morgan fingerprint density at radius 1 is 1.22 bits per heavy atom. The molecule has 3 rings (SSSR count). The second kappa shape index (κ2) is 8.52. The molecule has 0 unspecified atom stereocenters. The van der Waals surface area contributed by atoms with Gasteiger partial charge in [0.15, 0.2) is 0 Å². The summed E-state index contributed by atoms with van der Waals surface area (Å²) in [4.78, 5) is 38.3. The Morgan fingerprint density at radius 2 is 2.04 bits per heavy atom. The fourth-order valence-electron chi connectivity index (χ4n) is 3.50. The molecule has 1 aromatic carbocycles. The topological polar surface area (TPSA) is 87.7 Å². The van der Waals surface area contributed by atoms with E-state index in [9.17, 15) is 14.4 Å². The van der Waals surface area contributed by atoms with Crippen molar-refractivity contribution in [1.29, 1.82) is 0 Å². The standard InChI is InChI=1S/C20H27N3O4/c1-13(2)20(26)23-9-3-5-14-11-15(7-8-17(14)23)22-19(25)18(24)21-12-16-6-4-10-27-16/h7-8,11,13,16H,3-6,9-10,12H2,1-2H3,(H,21,24)(H,22,25)/t16-/m1/s1. The van der Waals surface area contributed by atoms with Crippen molar-refractivity contribution in [3.8, 4) is 0 Å². The minimum atomic E-state index is -0.695. The smallest absolute Gasteiger partial charge is 0.313 e. The van der Waals surface area contributed by atoms with Crippen LogP contribution in [0.5, 0.6) is 0 Å². The number of rotatable bonds is 4. The van der Waals surface area contributed by atoms with Crippen LogP contribution in [0.3, 0.4) is 0 Å². The van der Waals surface area contributed by atoms with Crippen LogP contribution >= 0.6 is 0 Å². The second-order valence-corrected chi connectivity index (χ2v) is 7.39. The molecular formula is C20H27N3O4. The van der Waals surface area contributed by atoms with E-state index in [-0.39, 0.29) is 17.9 Å². The fourth-order valence-corrected chi connectivity index (χ4v) is 3.50. The minimum Gasteiger partial charge on any atom is -0.376 e. The predicted molar refractivity (Wildman–Crippen MR) is 103 cm³/mol. The van der Waals surface area contributed by atoms with Gasteiger partial charge in [0.05, 0.1) is 6.10 Å². The number of aryl methyl sites for hydroxylation is 1. The molecule has 146 valence electrons. The van der Waals surface area contributed by atoms with Gasteiger partial charge in [-0.25, -0.2) is 0 Å². The molecule has 2 aliphatic rings. The molecule has 7 nitrogen and oxygen atoms in total. The van der Waals surface area contributed by atoms with Crippen molar-refractivity contribution in [2.45, 2.75) is 45.6 Å². The highest BCUT2D eigenvalue weighted by atomic mass is 16.5. The van der Waals surface area contributed by atoms with E-state index < -0.39 is 11.8 Å². The first kappa shape index (κ1) is 19.4. The molecule has 1 saturated heterocycles. The van der Waals surface area contributed by atoms with E-state index in [1.165, 1.54) is 0 Å². The summed E-state index contributed by atoms with van der Waals surface area (Å²) in [7, 11) is 0. The lowest BCUT2D eigenvalue weighted by molar-refractivity contribution is -0.136. The Morgan fingerprint density at radius 3 is 2.74 bits per heavy atom. The molecule has 0 aliphatic carbocycles. The Balaban J connectivity index is 1.61. The summed E-state index contributed by atoms with van der Waals surface area (Å²) in [5.41, 5.74) is 2.46. The van der Waals surface area contributed by atoms with Gasteiger partial charge in [0.25, 0.3) is 0 Å². The monoisotopic (exact) mass is 373 g/mol. The Hall–Kier alpha value is -2.41. The van der Waals surface area contributed by atoms with E-state index in [0.717, 1.165) is 36.9 Å². The second-order valence-electron chi connectivity index (χ2n) is 7.39. The van der Waals surface area contributed by atoms with Gasteiger partial charge in [-0.1, -0.05) is 13.8 Å². The number of nitrogens with one attached hydrogen (secondary N) is 2. The van der Waals surface area contributed by atoms with Crippen LogP contribution in [0.15, 0.2) is 18.2 Å². The largest absolute Gasteiger partial charge is 0.376 e. The van der Waals surface area contributed by atoms with Crippen molar-refractivity contribution in [2.75, 3.05) is 29.9 Å². The minimum absolute atomic E-state index is 0.00466. The fraction of sp³-hybridized carbons (Fsp3) is 0.550. The number of nitrogens with zero attached hydrogens (tertiary/aromatic N) is 1. The van der Waals surface area contributed by atoms with Gasteiger partial charge in [0, 0.05) is 37.0 Å². The van der Waals surface area contributed by atoms with Crippen LogP contribution in [0.4, 0.5) is 11.4 Å². The molecule has 2 N–H and O–H groups in total. The molecule has 0 aromatic heterocycles. The number of benzene rings is 1. The lowest BCUT2D eigenvalue weighted by Gasteiger charge is -2.31. The molecule has 1 fully saturated rings. The molecule has 2 heterocycles. The summed E-state index contributed by atoms with van der Waals surface area (Å²) in [6, 6.07) is 5.42. The normalized spacial score (nSPS) is 18.9. The number of ether oxygens (including phenoxy) is 1. The molecular weight excluding hydrogens is 346 g/mol. The quantitative estimate of drug-likeness (QED) is 0.789. The maximum Gasteiger partial charge on any atom is 0.313 e. The van der Waals surface area contributed by atoms with Gasteiger partial charge in [0.2, 0.25) is 5.91 Å². The average molecular weight is 373 g/mol. The lowest BCUT2D eigenvalue weighted by atomic mass is 9.99. The number of amides is 3. The zero-order valence-corrected chi connectivity index (χ0v) is 15.9. The molecule has 7 heteroatoms. The van der Waals surface area contributed by atoms with Crippen molar-refractivity contribution in [3.63, 3.8) is 0 Å². The Labute approximate surface area is 159 Å². The Kier molecular flexibility index (Phi) is 6.11. The molecule has 2 aliphatic heterocycles. The number of fused-ring (bicyclic) bond motifs is 1. The molecule has 0 bridgehead atoms. The first-order chi connectivity index (χ1) is 13.0. The SMILES string of the molecule is CC(C)C(=O)N1CCCc2cc(NC(=O)C(=O)NC[C@H]3CCCO3)ccc21. The van der Waals surface area contributed by atoms with Crippen LogP contribution in [0.2, 0.25) is 0 Å². The maximum absolute atomic E-state index is 12.4. The van der Waals surface area contributed by atoms with Crippen molar-refractivity contribution in [1.82, 2.24) is 5.32 Å². The summed E-state index contributed by atoms with van der Waals surface area (Å²) >= 11 is 0. The van der Waals surface area contributed by atoms with Crippen LogP contribution in [-0.2, 0) is 25.5 Å². The number of carbonyl (C=O) groups is 3. The predicted octanol–water partition coefficient (Wildman–Crippen LogP) is 1.86. The van der Waals surface area contributed by atoms with E-state index in [1.807, 2.05) is 30.9 Å². The summed E-state index contributed by atoms with van der Waals surface area (Å²) in [6.45, 7) is 5.54. The Bertz CT molecular complexity index is 726. The molecule has 0 saturated carbocycles. The first-order valence-corrected chi connectivity index (χ1v) is 9.61. The van der Waals surface area contributed by atoms with Gasteiger partial charge in [0.1, 0.15) is 0 Å². The van der Waals surface area contributed by atoms with Crippen molar-refractivity contribution in [3.05, 3.63) is 23.8 Å². The maximum atomic E-state index is 12.4. The van der Waals surface area contributed by atoms with Crippen LogP contribution in [0.25, 0.3) is 0 Å². The van der Waals surface area contributed by atoms with Gasteiger partial charge in [-0.15, -0.1) is 0 Å². The third-order valence-electron chi connectivity index (χ3n) is 4.94. The molecule has 1 atom stereocenters. The van der Waals surface area contributed by atoms with E-state index in [2.05, 4.69) is 10.6 Å². The molecule has 0 spiro atoms. The highest BCUT2D eigenvalue weighted by molar-refractivity contribution is 6.39. The molecule has 1 aromatic rings. The van der Waals surface area contributed by atoms with E-state index in [0.29, 0.717) is 25.4 Å². The number of carbonyl (C=O) groups excluding carboxylic acids is 3. The van der Waals surface area contributed by atoms with Crippen LogP contribution in [0, 0.1) is 5.92 Å². The zero-order chi connectivity index (χ0) is 19.4. The average Bonchev–Trinajstić information content (AvgIpc) is 3.18. The van der Waals surface area contributed by atoms with Gasteiger partial charge in [-0.3, -0.25) is 14.4 Å².